The second kappa shape index (κ2) is 5.54. The molecule has 0 bridgehead atoms. The van der Waals surface area contributed by atoms with Gasteiger partial charge in [-0.2, -0.15) is 0 Å². The number of pyridine rings is 1. The molecule has 1 aromatic heterocycles. The van der Waals surface area contributed by atoms with E-state index in [1.54, 1.807) is 25.3 Å². The number of rotatable bonds is 3. The Balaban J connectivity index is 2.03. The molecular formula is C18H17NO2S. The number of aryl methyl sites for hydroxylation is 1. The van der Waals surface area contributed by atoms with Crippen LogP contribution in [0.25, 0.3) is 10.8 Å². The van der Waals surface area contributed by atoms with Gasteiger partial charge in [-0.3, -0.25) is 4.98 Å². The summed E-state index contributed by atoms with van der Waals surface area (Å²) in [4.78, 5) is 4.67. The smallest absolute Gasteiger partial charge is 0.186 e. The third-order valence-corrected chi connectivity index (χ3v) is 5.99. The van der Waals surface area contributed by atoms with Crippen molar-refractivity contribution in [3.8, 4) is 0 Å². The Hall–Kier alpha value is -2.20. The molecule has 0 saturated heterocycles. The lowest BCUT2D eigenvalue weighted by molar-refractivity contribution is 0.585. The minimum absolute atomic E-state index is 0.334. The summed E-state index contributed by atoms with van der Waals surface area (Å²) in [5.74, 6) is 0. The topological polar surface area (TPSA) is 47.0 Å². The second-order valence-electron chi connectivity index (χ2n) is 5.46. The van der Waals surface area contributed by atoms with Gasteiger partial charge >= 0.3 is 0 Å². The van der Waals surface area contributed by atoms with Crippen molar-refractivity contribution in [2.24, 2.45) is 0 Å². The third-order valence-electron chi connectivity index (χ3n) is 3.88. The predicted molar refractivity (Wildman–Crippen MR) is 88.5 cm³/mol. The maximum absolute atomic E-state index is 12.7. The van der Waals surface area contributed by atoms with Crippen molar-refractivity contribution in [3.05, 3.63) is 72.1 Å². The van der Waals surface area contributed by atoms with E-state index >= 15 is 0 Å². The van der Waals surface area contributed by atoms with Crippen LogP contribution in [0, 0.1) is 6.92 Å². The minimum Gasteiger partial charge on any atom is -0.259 e. The van der Waals surface area contributed by atoms with Gasteiger partial charge in [-0.05, 0) is 37.4 Å². The number of sulfone groups is 1. The first-order valence-electron chi connectivity index (χ1n) is 7.14. The third kappa shape index (κ3) is 2.62. The number of aromatic nitrogens is 1. The van der Waals surface area contributed by atoms with E-state index in [9.17, 15) is 8.42 Å². The van der Waals surface area contributed by atoms with E-state index in [1.807, 2.05) is 49.4 Å². The maximum atomic E-state index is 12.7. The molecule has 0 amide bonds. The van der Waals surface area contributed by atoms with E-state index in [4.69, 9.17) is 0 Å². The monoisotopic (exact) mass is 311 g/mol. The first-order valence-corrected chi connectivity index (χ1v) is 8.68. The van der Waals surface area contributed by atoms with Crippen LogP contribution in [0.4, 0.5) is 0 Å². The molecule has 22 heavy (non-hydrogen) atoms. The molecule has 4 heteroatoms. The summed E-state index contributed by atoms with van der Waals surface area (Å²) in [6, 6.07) is 16.6. The van der Waals surface area contributed by atoms with Crippen molar-refractivity contribution < 1.29 is 8.42 Å². The Kier molecular flexibility index (Phi) is 3.71. The molecule has 3 nitrogen and oxygen atoms in total. The van der Waals surface area contributed by atoms with Crippen molar-refractivity contribution >= 4 is 20.6 Å². The zero-order valence-corrected chi connectivity index (χ0v) is 13.3. The number of nitrogens with zero attached hydrogens (tertiary/aromatic N) is 1. The molecule has 3 aromatic rings. The fourth-order valence-corrected chi connectivity index (χ4v) is 3.78. The Labute approximate surface area is 130 Å². The highest BCUT2D eigenvalue weighted by Gasteiger charge is 2.26. The summed E-state index contributed by atoms with van der Waals surface area (Å²) in [5.41, 5.74) is 1.61. The molecule has 0 radical (unpaired) electrons. The normalized spacial score (nSPS) is 13.2. The highest BCUT2D eigenvalue weighted by atomic mass is 32.2. The Morgan fingerprint density at radius 2 is 1.59 bits per heavy atom. The number of hydrogen-bond acceptors (Lipinski definition) is 3. The van der Waals surface area contributed by atoms with E-state index in [-0.39, 0.29) is 0 Å². The van der Waals surface area contributed by atoms with Crippen LogP contribution in [0.15, 0.2) is 65.7 Å². The Morgan fingerprint density at radius 1 is 0.955 bits per heavy atom. The predicted octanol–water partition coefficient (Wildman–Crippen LogP) is 4.08. The number of fused-ring (bicyclic) bond motifs is 1. The van der Waals surface area contributed by atoms with Crippen molar-refractivity contribution in [2.75, 3.05) is 0 Å². The molecule has 0 saturated carbocycles. The van der Waals surface area contributed by atoms with Gasteiger partial charge in [0.15, 0.2) is 9.84 Å². The highest BCUT2D eigenvalue weighted by Crippen LogP contribution is 2.29. The Bertz CT molecular complexity index is 915. The van der Waals surface area contributed by atoms with Crippen LogP contribution in [-0.4, -0.2) is 13.4 Å². The van der Waals surface area contributed by atoms with E-state index in [0.29, 0.717) is 10.6 Å². The molecular weight excluding hydrogens is 294 g/mol. The van der Waals surface area contributed by atoms with Gasteiger partial charge in [-0.25, -0.2) is 8.42 Å². The molecule has 2 aromatic carbocycles. The summed E-state index contributed by atoms with van der Waals surface area (Å²) in [6.45, 7) is 3.62. The molecule has 1 unspecified atom stereocenters. The fourth-order valence-electron chi connectivity index (χ4n) is 2.41. The SMILES string of the molecule is Cc1ccc(S(=O)(=O)C(C)c2cc3ccccc3cn2)cc1. The largest absolute Gasteiger partial charge is 0.259 e. The maximum Gasteiger partial charge on any atom is 0.186 e. The van der Waals surface area contributed by atoms with Crippen LogP contribution < -0.4 is 0 Å². The zero-order valence-electron chi connectivity index (χ0n) is 12.5. The van der Waals surface area contributed by atoms with Crippen LogP contribution >= 0.6 is 0 Å². The summed E-state index contributed by atoms with van der Waals surface area (Å²) >= 11 is 0. The molecule has 0 aliphatic carbocycles. The average molecular weight is 311 g/mol. The molecule has 3 rings (SSSR count). The standard InChI is InChI=1S/C18H17NO2S/c1-13-7-9-17(10-8-13)22(20,21)14(2)18-11-15-5-3-4-6-16(15)12-19-18/h3-12,14H,1-2H3. The molecule has 0 N–H and O–H groups in total. The van der Waals surface area contributed by atoms with E-state index in [1.165, 1.54) is 0 Å². The van der Waals surface area contributed by atoms with Crippen molar-refractivity contribution in [1.29, 1.82) is 0 Å². The summed E-state index contributed by atoms with van der Waals surface area (Å²) in [6.07, 6.45) is 1.73. The van der Waals surface area contributed by atoms with Crippen molar-refractivity contribution in [2.45, 2.75) is 24.0 Å². The van der Waals surface area contributed by atoms with Gasteiger partial charge < -0.3 is 0 Å². The molecule has 112 valence electrons. The van der Waals surface area contributed by atoms with Crippen LogP contribution in [0.1, 0.15) is 23.4 Å². The molecule has 0 spiro atoms. The molecule has 1 heterocycles. The lowest BCUT2D eigenvalue weighted by Crippen LogP contribution is -2.12. The van der Waals surface area contributed by atoms with E-state index < -0.39 is 15.1 Å². The van der Waals surface area contributed by atoms with Gasteiger partial charge in [0, 0.05) is 11.6 Å². The first-order chi connectivity index (χ1) is 10.5. The van der Waals surface area contributed by atoms with Crippen molar-refractivity contribution in [3.63, 3.8) is 0 Å². The fraction of sp³-hybridized carbons (Fsp3) is 0.167. The summed E-state index contributed by atoms with van der Waals surface area (Å²) in [5, 5.41) is 1.32. The van der Waals surface area contributed by atoms with Crippen LogP contribution in [0.5, 0.6) is 0 Å². The first kappa shape index (κ1) is 14.7. The molecule has 0 fully saturated rings. The van der Waals surface area contributed by atoms with E-state index in [0.717, 1.165) is 16.3 Å². The van der Waals surface area contributed by atoms with Crippen LogP contribution in [0.2, 0.25) is 0 Å². The summed E-state index contributed by atoms with van der Waals surface area (Å²) < 4.78 is 25.5. The summed E-state index contributed by atoms with van der Waals surface area (Å²) in [7, 11) is -3.44. The highest BCUT2D eigenvalue weighted by molar-refractivity contribution is 7.91. The quantitative estimate of drug-likeness (QED) is 0.732. The van der Waals surface area contributed by atoms with Crippen molar-refractivity contribution in [1.82, 2.24) is 4.98 Å². The number of hydrogen-bond donors (Lipinski definition) is 0. The zero-order chi connectivity index (χ0) is 15.7. The minimum atomic E-state index is -3.44. The molecule has 1 atom stereocenters. The lowest BCUT2D eigenvalue weighted by Gasteiger charge is -2.13. The van der Waals surface area contributed by atoms with Gasteiger partial charge in [0.2, 0.25) is 0 Å². The second-order valence-corrected chi connectivity index (χ2v) is 7.73. The number of benzene rings is 2. The molecule has 0 aliphatic heterocycles. The average Bonchev–Trinajstić information content (AvgIpc) is 2.54. The van der Waals surface area contributed by atoms with Gasteiger partial charge in [0.1, 0.15) is 5.25 Å². The van der Waals surface area contributed by atoms with Gasteiger partial charge in [0.25, 0.3) is 0 Å². The van der Waals surface area contributed by atoms with Crippen LogP contribution in [-0.2, 0) is 9.84 Å². The Morgan fingerprint density at radius 3 is 2.27 bits per heavy atom. The molecule has 0 aliphatic rings. The van der Waals surface area contributed by atoms with Crippen LogP contribution in [0.3, 0.4) is 0 Å². The van der Waals surface area contributed by atoms with Gasteiger partial charge in [-0.15, -0.1) is 0 Å². The lowest BCUT2D eigenvalue weighted by atomic mass is 10.1. The van der Waals surface area contributed by atoms with E-state index in [2.05, 4.69) is 4.98 Å². The van der Waals surface area contributed by atoms with Gasteiger partial charge in [-0.1, -0.05) is 42.0 Å². The van der Waals surface area contributed by atoms with Gasteiger partial charge in [0.05, 0.1) is 10.6 Å².